The SMILES string of the molecule is CCOc1nc(-c2ccc(F)cc2)n(-c2ccc(NC(=O)c3cccc([N+](=O)[O-])c3)cc2)n1. The number of ether oxygens (including phenoxy) is 1. The largest absolute Gasteiger partial charge is 0.463 e. The number of nitrogens with one attached hydrogen (secondary N) is 1. The molecule has 4 aromatic rings. The number of nitro benzene ring substituents is 1. The van der Waals surface area contributed by atoms with Gasteiger partial charge in [0, 0.05) is 28.9 Å². The Hall–Kier alpha value is -4.60. The molecule has 0 unspecified atom stereocenters. The summed E-state index contributed by atoms with van der Waals surface area (Å²) in [6, 6.07) is 18.3. The first-order chi connectivity index (χ1) is 15.9. The number of benzene rings is 3. The van der Waals surface area contributed by atoms with Crippen molar-refractivity contribution in [2.24, 2.45) is 0 Å². The highest BCUT2D eigenvalue weighted by Crippen LogP contribution is 2.25. The van der Waals surface area contributed by atoms with Gasteiger partial charge in [-0.2, -0.15) is 4.98 Å². The van der Waals surface area contributed by atoms with Gasteiger partial charge in [-0.3, -0.25) is 14.9 Å². The van der Waals surface area contributed by atoms with E-state index in [-0.39, 0.29) is 23.1 Å². The molecule has 0 saturated heterocycles. The normalized spacial score (nSPS) is 10.6. The standard InChI is InChI=1S/C23H18FN5O4/c1-2-33-23-26-21(15-6-8-17(24)9-7-15)28(27-23)19-12-10-18(11-13-19)25-22(30)16-4-3-5-20(14-16)29(31)32/h3-14H,2H2,1H3,(H,25,30). The van der Waals surface area contributed by atoms with Crippen molar-refractivity contribution >= 4 is 17.3 Å². The summed E-state index contributed by atoms with van der Waals surface area (Å²) in [5, 5.41) is 18.0. The Morgan fingerprint density at radius 1 is 1.12 bits per heavy atom. The fourth-order valence-electron chi connectivity index (χ4n) is 3.10. The van der Waals surface area contributed by atoms with Crippen LogP contribution >= 0.6 is 0 Å². The third-order valence-electron chi connectivity index (χ3n) is 4.65. The van der Waals surface area contributed by atoms with E-state index in [1.165, 1.54) is 36.4 Å². The molecule has 0 radical (unpaired) electrons. The molecule has 1 heterocycles. The minimum Gasteiger partial charge on any atom is -0.463 e. The van der Waals surface area contributed by atoms with Gasteiger partial charge in [0.15, 0.2) is 5.82 Å². The summed E-state index contributed by atoms with van der Waals surface area (Å²) >= 11 is 0. The average Bonchev–Trinajstić information content (AvgIpc) is 3.24. The Morgan fingerprint density at radius 2 is 1.85 bits per heavy atom. The summed E-state index contributed by atoms with van der Waals surface area (Å²) in [6.45, 7) is 2.20. The van der Waals surface area contributed by atoms with Gasteiger partial charge in [-0.25, -0.2) is 9.07 Å². The van der Waals surface area contributed by atoms with E-state index in [0.29, 0.717) is 29.4 Å². The summed E-state index contributed by atoms with van der Waals surface area (Å²) in [5.74, 6) is -0.372. The lowest BCUT2D eigenvalue weighted by atomic mass is 10.2. The molecule has 1 amide bonds. The predicted molar refractivity (Wildman–Crippen MR) is 119 cm³/mol. The third kappa shape index (κ3) is 4.85. The first-order valence-electron chi connectivity index (χ1n) is 9.96. The Balaban J connectivity index is 1.59. The minimum atomic E-state index is -0.557. The number of nitro groups is 1. The van der Waals surface area contributed by atoms with Gasteiger partial charge in [0.2, 0.25) is 0 Å². The van der Waals surface area contributed by atoms with Crippen LogP contribution in [0.5, 0.6) is 6.01 Å². The Labute approximate surface area is 187 Å². The molecule has 4 rings (SSSR count). The molecule has 0 saturated carbocycles. The van der Waals surface area contributed by atoms with Gasteiger partial charge in [-0.1, -0.05) is 6.07 Å². The fourth-order valence-corrected chi connectivity index (χ4v) is 3.10. The highest BCUT2D eigenvalue weighted by Gasteiger charge is 2.16. The number of anilines is 1. The van der Waals surface area contributed by atoms with Crippen LogP contribution in [0.15, 0.2) is 72.8 Å². The molecule has 166 valence electrons. The van der Waals surface area contributed by atoms with Crippen LogP contribution in [0.2, 0.25) is 0 Å². The second kappa shape index (κ2) is 9.27. The molecular formula is C23H18FN5O4. The van der Waals surface area contributed by atoms with Crippen LogP contribution in [0.1, 0.15) is 17.3 Å². The fraction of sp³-hybridized carbons (Fsp3) is 0.0870. The Morgan fingerprint density at radius 3 is 2.52 bits per heavy atom. The molecule has 0 atom stereocenters. The quantitative estimate of drug-likeness (QED) is 0.326. The number of aromatic nitrogens is 3. The molecular weight excluding hydrogens is 429 g/mol. The van der Waals surface area contributed by atoms with E-state index in [0.717, 1.165) is 0 Å². The molecule has 0 bridgehead atoms. The number of hydrogen-bond acceptors (Lipinski definition) is 6. The van der Waals surface area contributed by atoms with Crippen LogP contribution in [0.3, 0.4) is 0 Å². The van der Waals surface area contributed by atoms with Gasteiger partial charge in [0.05, 0.1) is 17.2 Å². The molecule has 1 aromatic heterocycles. The van der Waals surface area contributed by atoms with Crippen molar-refractivity contribution in [2.45, 2.75) is 6.92 Å². The van der Waals surface area contributed by atoms with Crippen LogP contribution in [-0.4, -0.2) is 32.2 Å². The summed E-state index contributed by atoms with van der Waals surface area (Å²) < 4.78 is 20.3. The minimum absolute atomic E-state index is 0.164. The van der Waals surface area contributed by atoms with Crippen molar-refractivity contribution in [3.8, 4) is 23.1 Å². The lowest BCUT2D eigenvalue weighted by Gasteiger charge is -2.08. The maximum atomic E-state index is 13.3. The summed E-state index contributed by atoms with van der Waals surface area (Å²) in [4.78, 5) is 27.2. The zero-order valence-corrected chi connectivity index (χ0v) is 17.4. The van der Waals surface area contributed by atoms with Crippen molar-refractivity contribution in [2.75, 3.05) is 11.9 Å². The van der Waals surface area contributed by atoms with E-state index in [2.05, 4.69) is 15.4 Å². The molecule has 0 aliphatic heterocycles. The van der Waals surface area contributed by atoms with Gasteiger partial charge in [0.1, 0.15) is 5.82 Å². The highest BCUT2D eigenvalue weighted by atomic mass is 19.1. The molecule has 10 heteroatoms. The van der Waals surface area contributed by atoms with Gasteiger partial charge in [-0.05, 0) is 61.5 Å². The second-order valence-electron chi connectivity index (χ2n) is 6.88. The molecule has 3 aromatic carbocycles. The molecule has 33 heavy (non-hydrogen) atoms. The first-order valence-corrected chi connectivity index (χ1v) is 9.96. The maximum absolute atomic E-state index is 13.3. The van der Waals surface area contributed by atoms with Crippen LogP contribution in [0, 0.1) is 15.9 Å². The van der Waals surface area contributed by atoms with E-state index < -0.39 is 10.8 Å². The molecule has 0 spiro atoms. The average molecular weight is 447 g/mol. The number of non-ortho nitro benzene ring substituents is 1. The number of rotatable bonds is 7. The van der Waals surface area contributed by atoms with Crippen LogP contribution in [0.25, 0.3) is 17.1 Å². The number of carbonyl (C=O) groups is 1. The molecule has 1 N–H and O–H groups in total. The van der Waals surface area contributed by atoms with Gasteiger partial charge in [0.25, 0.3) is 11.6 Å². The highest BCUT2D eigenvalue weighted by molar-refractivity contribution is 6.04. The topological polar surface area (TPSA) is 112 Å². The van der Waals surface area contributed by atoms with Crippen molar-refractivity contribution < 1.29 is 18.8 Å². The number of hydrogen-bond donors (Lipinski definition) is 1. The van der Waals surface area contributed by atoms with Crippen LogP contribution in [0.4, 0.5) is 15.8 Å². The Kier molecular flexibility index (Phi) is 6.07. The maximum Gasteiger partial charge on any atom is 0.336 e. The van der Waals surface area contributed by atoms with Crippen molar-refractivity contribution in [3.05, 3.63) is 94.3 Å². The molecule has 0 aliphatic carbocycles. The van der Waals surface area contributed by atoms with E-state index >= 15 is 0 Å². The van der Waals surface area contributed by atoms with Crippen molar-refractivity contribution in [1.29, 1.82) is 0 Å². The van der Waals surface area contributed by atoms with Crippen LogP contribution in [-0.2, 0) is 0 Å². The van der Waals surface area contributed by atoms with E-state index in [9.17, 15) is 19.3 Å². The third-order valence-corrected chi connectivity index (χ3v) is 4.65. The lowest BCUT2D eigenvalue weighted by molar-refractivity contribution is -0.384. The summed E-state index contributed by atoms with van der Waals surface area (Å²) in [7, 11) is 0. The number of carbonyl (C=O) groups excluding carboxylic acids is 1. The molecule has 0 aliphatic rings. The van der Waals surface area contributed by atoms with Gasteiger partial charge in [-0.15, -0.1) is 5.10 Å². The number of nitrogens with zero attached hydrogens (tertiary/aromatic N) is 4. The van der Waals surface area contributed by atoms with Crippen LogP contribution < -0.4 is 10.1 Å². The van der Waals surface area contributed by atoms with Gasteiger partial charge < -0.3 is 10.1 Å². The first kappa shape index (κ1) is 21.6. The van der Waals surface area contributed by atoms with E-state index in [1.807, 2.05) is 6.92 Å². The van der Waals surface area contributed by atoms with Crippen molar-refractivity contribution in [3.63, 3.8) is 0 Å². The monoisotopic (exact) mass is 447 g/mol. The summed E-state index contributed by atoms with van der Waals surface area (Å²) in [6.07, 6.45) is 0. The second-order valence-corrected chi connectivity index (χ2v) is 6.88. The molecule has 0 fully saturated rings. The summed E-state index contributed by atoms with van der Waals surface area (Å²) in [5.41, 5.74) is 1.79. The zero-order valence-electron chi connectivity index (χ0n) is 17.4. The smallest absolute Gasteiger partial charge is 0.336 e. The zero-order chi connectivity index (χ0) is 23.4. The van der Waals surface area contributed by atoms with Crippen molar-refractivity contribution in [1.82, 2.24) is 14.8 Å². The lowest BCUT2D eigenvalue weighted by Crippen LogP contribution is -2.12. The van der Waals surface area contributed by atoms with E-state index in [1.54, 1.807) is 41.1 Å². The Bertz CT molecular complexity index is 1300. The van der Waals surface area contributed by atoms with E-state index in [4.69, 9.17) is 4.74 Å². The van der Waals surface area contributed by atoms with Gasteiger partial charge >= 0.3 is 6.01 Å². The predicted octanol–water partition coefficient (Wildman–Crippen LogP) is 4.63. The number of halogens is 1. The number of amides is 1. The molecule has 9 nitrogen and oxygen atoms in total.